The zero-order valence-corrected chi connectivity index (χ0v) is 20.0. The lowest BCUT2D eigenvalue weighted by Gasteiger charge is -2.33. The van der Waals surface area contributed by atoms with Gasteiger partial charge in [-0.15, -0.1) is 0 Å². The third-order valence-corrected chi connectivity index (χ3v) is 6.29. The summed E-state index contributed by atoms with van der Waals surface area (Å²) in [4.78, 5) is 41.3. The first kappa shape index (κ1) is 25.0. The summed E-state index contributed by atoms with van der Waals surface area (Å²) in [7, 11) is 0. The first-order valence-electron chi connectivity index (χ1n) is 11.0. The van der Waals surface area contributed by atoms with Crippen molar-refractivity contribution in [2.24, 2.45) is 5.92 Å². The Kier molecular flexibility index (Phi) is 9.11. The van der Waals surface area contributed by atoms with Gasteiger partial charge in [0, 0.05) is 24.7 Å². The number of rotatable bonds is 8. The first-order valence-corrected chi connectivity index (χ1v) is 11.7. The van der Waals surface area contributed by atoms with Gasteiger partial charge in [-0.3, -0.25) is 19.3 Å². The number of piperidine rings is 1. The maximum Gasteiger partial charge on any atom is 0.238 e. The van der Waals surface area contributed by atoms with Gasteiger partial charge in [0.05, 0.1) is 28.8 Å². The fraction of sp³-hybridized carbons (Fsp3) is 0.375. The quantitative estimate of drug-likeness (QED) is 0.582. The number of para-hydroxylation sites is 2. The number of amides is 3. The number of nitrogens with zero attached hydrogens (tertiary/aromatic N) is 2. The van der Waals surface area contributed by atoms with Crippen molar-refractivity contribution in [2.75, 3.05) is 43.4 Å². The van der Waals surface area contributed by atoms with Gasteiger partial charge in [-0.2, -0.15) is 0 Å². The van der Waals surface area contributed by atoms with Crippen molar-refractivity contribution >= 4 is 52.3 Å². The average Bonchev–Trinajstić information content (AvgIpc) is 2.81. The summed E-state index contributed by atoms with van der Waals surface area (Å²) in [5.41, 5.74) is 1.14. The van der Waals surface area contributed by atoms with Crippen LogP contribution in [0.15, 0.2) is 48.5 Å². The largest absolute Gasteiger partial charge is 0.342 e. The van der Waals surface area contributed by atoms with E-state index in [0.29, 0.717) is 48.2 Å². The van der Waals surface area contributed by atoms with Crippen LogP contribution in [0.2, 0.25) is 10.0 Å². The minimum Gasteiger partial charge on any atom is -0.342 e. The summed E-state index contributed by atoms with van der Waals surface area (Å²) in [6.45, 7) is 3.63. The molecule has 2 aromatic carbocycles. The van der Waals surface area contributed by atoms with Crippen LogP contribution < -0.4 is 10.6 Å². The number of likely N-dealkylation sites (N-methyl/N-ethyl adjacent to an activating group) is 1. The molecule has 1 saturated heterocycles. The van der Waals surface area contributed by atoms with Crippen LogP contribution in [0.25, 0.3) is 0 Å². The molecule has 176 valence electrons. The number of halogens is 2. The van der Waals surface area contributed by atoms with Crippen LogP contribution in [0.4, 0.5) is 11.4 Å². The van der Waals surface area contributed by atoms with Crippen LogP contribution in [0.3, 0.4) is 0 Å². The lowest BCUT2D eigenvalue weighted by atomic mass is 9.95. The Labute approximate surface area is 204 Å². The molecule has 0 aromatic heterocycles. The minimum absolute atomic E-state index is 0.0154. The summed E-state index contributed by atoms with van der Waals surface area (Å²) in [5, 5.41) is 6.36. The van der Waals surface area contributed by atoms with Gasteiger partial charge >= 0.3 is 0 Å². The van der Waals surface area contributed by atoms with Crippen molar-refractivity contribution in [3.8, 4) is 0 Å². The lowest BCUT2D eigenvalue weighted by Crippen LogP contribution is -2.47. The number of carbonyl (C=O) groups excluding carboxylic acids is 3. The molecule has 0 saturated carbocycles. The van der Waals surface area contributed by atoms with Crippen molar-refractivity contribution in [1.82, 2.24) is 9.80 Å². The first-order chi connectivity index (χ1) is 15.9. The summed E-state index contributed by atoms with van der Waals surface area (Å²) >= 11 is 12.2. The van der Waals surface area contributed by atoms with Crippen LogP contribution in [0, 0.1) is 5.92 Å². The Morgan fingerprint density at radius 2 is 1.58 bits per heavy atom. The van der Waals surface area contributed by atoms with Crippen molar-refractivity contribution in [3.63, 3.8) is 0 Å². The van der Waals surface area contributed by atoms with E-state index >= 15 is 0 Å². The fourth-order valence-electron chi connectivity index (χ4n) is 3.73. The van der Waals surface area contributed by atoms with Crippen LogP contribution in [-0.4, -0.2) is 60.2 Å². The molecule has 0 radical (unpaired) electrons. The van der Waals surface area contributed by atoms with Gasteiger partial charge in [0.15, 0.2) is 0 Å². The molecule has 0 bridgehead atoms. The second kappa shape index (κ2) is 12.0. The highest BCUT2D eigenvalue weighted by Crippen LogP contribution is 2.29. The highest BCUT2D eigenvalue weighted by Gasteiger charge is 2.28. The molecule has 0 atom stereocenters. The number of anilines is 2. The Morgan fingerprint density at radius 1 is 0.939 bits per heavy atom. The maximum absolute atomic E-state index is 12.8. The van der Waals surface area contributed by atoms with E-state index in [9.17, 15) is 14.4 Å². The number of nitrogens with one attached hydrogen (secondary N) is 2. The normalized spacial score (nSPS) is 14.2. The monoisotopic (exact) mass is 490 g/mol. The lowest BCUT2D eigenvalue weighted by molar-refractivity contribution is -0.135. The van der Waals surface area contributed by atoms with Gasteiger partial charge in [0.25, 0.3) is 0 Å². The summed E-state index contributed by atoms with van der Waals surface area (Å²) < 4.78 is 0. The summed E-state index contributed by atoms with van der Waals surface area (Å²) in [6.07, 6.45) is 1.23. The summed E-state index contributed by atoms with van der Waals surface area (Å²) in [6, 6.07) is 14.3. The molecule has 3 rings (SSSR count). The average molecular weight is 491 g/mol. The van der Waals surface area contributed by atoms with Gasteiger partial charge < -0.3 is 15.5 Å². The molecule has 0 aliphatic carbocycles. The van der Waals surface area contributed by atoms with E-state index in [-0.39, 0.29) is 36.7 Å². The van der Waals surface area contributed by atoms with Gasteiger partial charge in [-0.1, -0.05) is 54.4 Å². The number of hydrogen-bond acceptors (Lipinski definition) is 4. The van der Waals surface area contributed by atoms with Gasteiger partial charge in [0.1, 0.15) is 0 Å². The van der Waals surface area contributed by atoms with Gasteiger partial charge in [-0.05, 0) is 43.7 Å². The highest BCUT2D eigenvalue weighted by atomic mass is 35.5. The van der Waals surface area contributed by atoms with Crippen LogP contribution in [0.5, 0.6) is 0 Å². The van der Waals surface area contributed by atoms with E-state index in [0.717, 1.165) is 5.69 Å². The number of carbonyl (C=O) groups is 3. The fourth-order valence-corrected chi connectivity index (χ4v) is 4.22. The number of benzene rings is 2. The van der Waals surface area contributed by atoms with Crippen molar-refractivity contribution in [1.29, 1.82) is 0 Å². The van der Waals surface area contributed by atoms with Gasteiger partial charge in [-0.25, -0.2) is 0 Å². The SMILES string of the molecule is CCN(CC(=O)Nc1c(Cl)cccc1Cl)CC(=O)N1CCC(C(=O)Nc2ccccc2)CC1. The van der Waals surface area contributed by atoms with Crippen LogP contribution in [0.1, 0.15) is 19.8 Å². The molecule has 33 heavy (non-hydrogen) atoms. The smallest absolute Gasteiger partial charge is 0.238 e. The number of likely N-dealkylation sites (tertiary alicyclic amines) is 1. The van der Waals surface area contributed by atoms with E-state index in [2.05, 4.69) is 10.6 Å². The molecule has 1 aliphatic heterocycles. The van der Waals surface area contributed by atoms with E-state index in [1.54, 1.807) is 28.0 Å². The molecular formula is C24H28Cl2N4O3. The molecule has 1 heterocycles. The van der Waals surface area contributed by atoms with Crippen molar-refractivity contribution in [2.45, 2.75) is 19.8 Å². The topological polar surface area (TPSA) is 81.8 Å². The molecule has 2 aromatic rings. The molecular weight excluding hydrogens is 463 g/mol. The molecule has 0 unspecified atom stereocenters. The van der Waals surface area contributed by atoms with E-state index < -0.39 is 0 Å². The molecule has 7 nitrogen and oxygen atoms in total. The van der Waals surface area contributed by atoms with E-state index in [4.69, 9.17) is 23.2 Å². The zero-order valence-electron chi connectivity index (χ0n) is 18.5. The highest BCUT2D eigenvalue weighted by molar-refractivity contribution is 6.39. The Morgan fingerprint density at radius 3 is 2.18 bits per heavy atom. The Hall–Kier alpha value is -2.61. The van der Waals surface area contributed by atoms with Crippen molar-refractivity contribution in [3.05, 3.63) is 58.6 Å². The molecule has 0 spiro atoms. The van der Waals surface area contributed by atoms with E-state index in [1.165, 1.54) is 0 Å². The summed E-state index contributed by atoms with van der Waals surface area (Å²) in [5.74, 6) is -0.487. The zero-order chi connectivity index (χ0) is 23.8. The maximum atomic E-state index is 12.8. The second-order valence-electron chi connectivity index (χ2n) is 7.96. The van der Waals surface area contributed by atoms with Crippen LogP contribution >= 0.6 is 23.2 Å². The number of hydrogen-bond donors (Lipinski definition) is 2. The third kappa shape index (κ3) is 7.19. The molecule has 1 fully saturated rings. The third-order valence-electron chi connectivity index (χ3n) is 5.66. The van der Waals surface area contributed by atoms with Crippen molar-refractivity contribution < 1.29 is 14.4 Å². The van der Waals surface area contributed by atoms with Gasteiger partial charge in [0.2, 0.25) is 17.7 Å². The standard InChI is InChI=1S/C24H28Cl2N4O3/c1-2-29(15-21(31)28-23-19(25)9-6-10-20(23)26)16-22(32)30-13-11-17(12-14-30)24(33)27-18-7-4-3-5-8-18/h3-10,17H,2,11-16H2,1H3,(H,27,33)(H,28,31). The molecule has 9 heteroatoms. The van der Waals surface area contributed by atoms with E-state index in [1.807, 2.05) is 37.3 Å². The molecule has 1 aliphatic rings. The Bertz CT molecular complexity index is 959. The van der Waals surface area contributed by atoms with Crippen LogP contribution in [-0.2, 0) is 14.4 Å². The molecule has 3 amide bonds. The predicted octanol–water partition coefficient (Wildman–Crippen LogP) is 4.13. The second-order valence-corrected chi connectivity index (χ2v) is 8.77. The predicted molar refractivity (Wildman–Crippen MR) is 132 cm³/mol. The molecule has 2 N–H and O–H groups in total. The Balaban J connectivity index is 1.46. The minimum atomic E-state index is -0.295.